The number of hydrogen-bond acceptors (Lipinski definition) is 6. The fourth-order valence-electron chi connectivity index (χ4n) is 2.50. The number of alkyl halides is 2. The molecule has 0 aliphatic carbocycles. The molecule has 1 aromatic heterocycles. The number of anilines is 1. The maximum atomic E-state index is 12.7. The number of fused-ring (bicyclic) bond motifs is 1. The first-order chi connectivity index (χ1) is 12.5. The van der Waals surface area contributed by atoms with Crippen LogP contribution < -0.4 is 49.1 Å². The molecule has 148 valence electrons. The Labute approximate surface area is 185 Å². The molecule has 12 heteroatoms. The molecule has 1 aliphatic heterocycles. The smallest absolute Gasteiger partial charge is 0.619 e. The van der Waals surface area contributed by atoms with Crippen molar-refractivity contribution in [1.29, 1.82) is 0 Å². The number of pyridine rings is 1. The Hall–Kier alpha value is -1.50. The van der Waals surface area contributed by atoms with Crippen LogP contribution in [0.2, 0.25) is 0 Å². The second-order valence-electron chi connectivity index (χ2n) is 5.20. The van der Waals surface area contributed by atoms with Crippen molar-refractivity contribution in [2.24, 2.45) is 0 Å². The third kappa shape index (κ3) is 5.52. The van der Waals surface area contributed by atoms with Gasteiger partial charge in [0, 0.05) is 24.0 Å². The van der Waals surface area contributed by atoms with E-state index in [2.05, 4.69) is 20.4 Å². The molecular formula is C16H18F2N3NaO5S. The summed E-state index contributed by atoms with van der Waals surface area (Å²) in [6.07, 6.45) is 1.54. The predicted molar refractivity (Wildman–Crippen MR) is 96.3 cm³/mol. The van der Waals surface area contributed by atoms with Crippen molar-refractivity contribution in [3.8, 4) is 17.2 Å². The van der Waals surface area contributed by atoms with Crippen LogP contribution in [0.3, 0.4) is 0 Å². The molecule has 0 bridgehead atoms. The van der Waals surface area contributed by atoms with Crippen LogP contribution in [0.5, 0.6) is 17.2 Å². The third-order valence-corrected chi connectivity index (χ3v) is 4.90. The van der Waals surface area contributed by atoms with E-state index in [1.54, 1.807) is 6.07 Å². The van der Waals surface area contributed by atoms with Crippen LogP contribution in [0.15, 0.2) is 30.5 Å². The summed E-state index contributed by atoms with van der Waals surface area (Å²) in [6.45, 7) is -2.91. The standard InChI is InChI=1S/C16H16F2N3O4S.Na.H2O/c1-23-13-5-6-19-12(14(13)24-2)8-26(22)16-20-10-4-3-9(25-15(17)18)7-11(10)21-16;;/h3-7,15-16,21H,8H2,1-2H3;;1H2/q-1;+1;. The summed E-state index contributed by atoms with van der Waals surface area (Å²) >= 11 is -1.48. The third-order valence-electron chi connectivity index (χ3n) is 3.62. The van der Waals surface area contributed by atoms with Gasteiger partial charge in [-0.3, -0.25) is 4.98 Å². The van der Waals surface area contributed by atoms with Crippen molar-refractivity contribution in [3.05, 3.63) is 41.5 Å². The molecule has 2 unspecified atom stereocenters. The molecular weight excluding hydrogens is 407 g/mol. The molecule has 0 saturated heterocycles. The van der Waals surface area contributed by atoms with E-state index in [1.807, 2.05) is 0 Å². The summed E-state index contributed by atoms with van der Waals surface area (Å²) in [7, 11) is 2.98. The van der Waals surface area contributed by atoms with Gasteiger partial charge in [0.1, 0.15) is 16.9 Å². The van der Waals surface area contributed by atoms with Crippen molar-refractivity contribution in [2.75, 3.05) is 19.5 Å². The Kier molecular flexibility index (Phi) is 9.54. The molecule has 28 heavy (non-hydrogen) atoms. The van der Waals surface area contributed by atoms with Gasteiger partial charge in [0.05, 0.1) is 14.2 Å². The van der Waals surface area contributed by atoms with Crippen LogP contribution in [0, 0.1) is 0 Å². The van der Waals surface area contributed by atoms with Crippen LogP contribution in [0.1, 0.15) is 5.69 Å². The Morgan fingerprint density at radius 1 is 1.29 bits per heavy atom. The molecule has 3 rings (SSSR count). The van der Waals surface area contributed by atoms with E-state index in [9.17, 15) is 13.3 Å². The average molecular weight is 425 g/mol. The van der Waals surface area contributed by atoms with Crippen molar-refractivity contribution in [3.63, 3.8) is 0 Å². The molecule has 0 radical (unpaired) electrons. The van der Waals surface area contributed by atoms with E-state index in [0.29, 0.717) is 28.6 Å². The summed E-state index contributed by atoms with van der Waals surface area (Å²) < 4.78 is 52.1. The number of ether oxygens (including phenoxy) is 3. The van der Waals surface area contributed by atoms with Gasteiger partial charge < -0.3 is 34.9 Å². The van der Waals surface area contributed by atoms with E-state index in [4.69, 9.17) is 9.47 Å². The summed E-state index contributed by atoms with van der Waals surface area (Å²) in [6, 6.07) is 5.95. The minimum absolute atomic E-state index is 0. The summed E-state index contributed by atoms with van der Waals surface area (Å²) in [5.74, 6) is 0.981. The number of hydrogen-bond donors (Lipinski definition) is 1. The zero-order valence-corrected chi connectivity index (χ0v) is 18.3. The molecule has 0 spiro atoms. The van der Waals surface area contributed by atoms with Gasteiger partial charge in [-0.05, 0) is 17.2 Å². The zero-order valence-electron chi connectivity index (χ0n) is 15.4. The minimum Gasteiger partial charge on any atom is -0.619 e. The Morgan fingerprint density at radius 2 is 2.04 bits per heavy atom. The predicted octanol–water partition coefficient (Wildman–Crippen LogP) is -0.457. The van der Waals surface area contributed by atoms with E-state index >= 15 is 0 Å². The summed E-state index contributed by atoms with van der Waals surface area (Å²) in [5.41, 5.74) is 0.743. The first-order valence-electron chi connectivity index (χ1n) is 7.51. The average Bonchev–Trinajstić information content (AvgIpc) is 3.04. The molecule has 0 amide bonds. The van der Waals surface area contributed by atoms with E-state index in [1.165, 1.54) is 38.6 Å². The van der Waals surface area contributed by atoms with Gasteiger partial charge >= 0.3 is 36.2 Å². The zero-order chi connectivity index (χ0) is 18.7. The molecule has 1 aromatic carbocycles. The van der Waals surface area contributed by atoms with E-state index in [-0.39, 0.29) is 46.5 Å². The Balaban J connectivity index is 0.00000196. The van der Waals surface area contributed by atoms with Gasteiger partial charge in [0.2, 0.25) is 0 Å². The number of methoxy groups -OCH3 is 2. The van der Waals surface area contributed by atoms with Crippen LogP contribution >= 0.6 is 0 Å². The van der Waals surface area contributed by atoms with Crippen LogP contribution in [-0.2, 0) is 16.9 Å². The summed E-state index contributed by atoms with van der Waals surface area (Å²) in [5, 5.41) is 7.25. The van der Waals surface area contributed by atoms with Gasteiger partial charge in [0.25, 0.3) is 0 Å². The minimum atomic E-state index is -2.91. The molecule has 0 fully saturated rings. The van der Waals surface area contributed by atoms with Crippen molar-refractivity contribution in [2.45, 2.75) is 17.9 Å². The quantitative estimate of drug-likeness (QED) is 0.474. The SMILES string of the molecule is COc1ccnc(C[S+]([O-])C2[N-]c3ccc(OC(F)F)cc3N2)c1OC.O.[Na+]. The van der Waals surface area contributed by atoms with Gasteiger partial charge in [0.15, 0.2) is 17.3 Å². The van der Waals surface area contributed by atoms with E-state index in [0.717, 1.165) is 0 Å². The number of rotatable bonds is 7. The van der Waals surface area contributed by atoms with E-state index < -0.39 is 23.3 Å². The van der Waals surface area contributed by atoms with Crippen molar-refractivity contribution < 1.29 is 62.6 Å². The number of halogens is 2. The fourth-order valence-corrected chi connectivity index (χ4v) is 3.63. The monoisotopic (exact) mass is 425 g/mol. The van der Waals surface area contributed by atoms with Gasteiger partial charge in [-0.2, -0.15) is 8.78 Å². The van der Waals surface area contributed by atoms with Crippen LogP contribution in [0.4, 0.5) is 20.2 Å². The fraction of sp³-hybridized carbons (Fsp3) is 0.312. The Bertz CT molecular complexity index is 790. The first kappa shape index (κ1) is 24.5. The molecule has 3 N–H and O–H groups in total. The maximum Gasteiger partial charge on any atom is 1.00 e. The van der Waals surface area contributed by atoms with Crippen molar-refractivity contribution >= 4 is 22.6 Å². The molecule has 2 aromatic rings. The molecule has 8 nitrogen and oxygen atoms in total. The molecule has 2 atom stereocenters. The second kappa shape index (κ2) is 10.9. The second-order valence-corrected chi connectivity index (χ2v) is 6.70. The van der Waals surface area contributed by atoms with Crippen molar-refractivity contribution in [1.82, 2.24) is 4.98 Å². The first-order valence-corrected chi connectivity index (χ1v) is 8.89. The van der Waals surface area contributed by atoms with Crippen LogP contribution in [0.25, 0.3) is 5.32 Å². The number of aromatic nitrogens is 1. The van der Waals surface area contributed by atoms with Gasteiger partial charge in [-0.1, -0.05) is 6.07 Å². The molecule has 1 aliphatic rings. The largest absolute Gasteiger partial charge is 1.00 e. The number of benzene rings is 1. The topological polar surface area (TPSA) is 121 Å². The van der Waals surface area contributed by atoms with Gasteiger partial charge in [-0.25, -0.2) is 0 Å². The number of nitrogens with zero attached hydrogens (tertiary/aromatic N) is 2. The number of nitrogens with one attached hydrogen (secondary N) is 1. The molecule has 0 saturated carbocycles. The molecule has 2 heterocycles. The normalized spacial score (nSPS) is 15.3. The Morgan fingerprint density at radius 3 is 2.68 bits per heavy atom. The van der Waals surface area contributed by atoms with Crippen LogP contribution in [-0.4, -0.2) is 41.3 Å². The van der Waals surface area contributed by atoms with Gasteiger partial charge in [-0.15, -0.1) is 5.69 Å². The maximum absolute atomic E-state index is 12.7. The summed E-state index contributed by atoms with van der Waals surface area (Å²) in [4.78, 5) is 4.19.